The fourth-order valence-corrected chi connectivity index (χ4v) is 10.0. The molecule has 1 aliphatic rings. The van der Waals surface area contributed by atoms with Crippen LogP contribution >= 0.6 is 0 Å². The third-order valence-corrected chi connectivity index (χ3v) is 13.3. The first-order chi connectivity index (χ1) is 30.9. The summed E-state index contributed by atoms with van der Waals surface area (Å²) >= 11 is 0. The van der Waals surface area contributed by atoms with Gasteiger partial charge >= 0.3 is 0 Å². The maximum atomic E-state index is 5.39. The van der Waals surface area contributed by atoms with Gasteiger partial charge in [0, 0.05) is 32.0 Å². The molecule has 3 nitrogen and oxygen atoms in total. The average Bonchev–Trinajstić information content (AvgIpc) is 3.74. The van der Waals surface area contributed by atoms with Crippen molar-refractivity contribution in [1.29, 1.82) is 0 Å². The van der Waals surface area contributed by atoms with Crippen LogP contribution in [-0.2, 0) is 20.1 Å². The fraction of sp³-hybridized carbons (Fsp3) is 0.200. The molecule has 11 rings (SSSR count). The molecule has 1 saturated carbocycles. The fourth-order valence-electron chi connectivity index (χ4n) is 10.0. The van der Waals surface area contributed by atoms with Crippen LogP contribution in [0.2, 0.25) is 0 Å². The van der Waals surface area contributed by atoms with E-state index in [1.807, 2.05) is 42.5 Å². The summed E-state index contributed by atoms with van der Waals surface area (Å²) in [6, 6.07) is 67.6. The zero-order valence-electron chi connectivity index (χ0n) is 37.1. The van der Waals surface area contributed by atoms with Crippen LogP contribution in [0, 0.1) is 12.1 Å². The van der Waals surface area contributed by atoms with E-state index in [1.54, 1.807) is 6.20 Å². The van der Waals surface area contributed by atoms with E-state index in [0.717, 1.165) is 33.7 Å². The molecule has 0 spiro atoms. The number of fused-ring (bicyclic) bond motifs is 7. The Morgan fingerprint density at radius 3 is 1.69 bits per heavy atom. The Morgan fingerprint density at radius 2 is 1.08 bits per heavy atom. The minimum Gasteiger partial charge on any atom is -0.333 e. The number of aromatic nitrogens is 3. The van der Waals surface area contributed by atoms with Crippen molar-refractivity contribution in [1.82, 2.24) is 14.5 Å². The number of pyridine rings is 1. The summed E-state index contributed by atoms with van der Waals surface area (Å²) in [4.78, 5) is 9.61. The van der Waals surface area contributed by atoms with Crippen LogP contribution in [0.5, 0.6) is 0 Å². The second-order valence-corrected chi connectivity index (χ2v) is 17.8. The van der Waals surface area contributed by atoms with E-state index < -0.39 is 0 Å². The van der Waals surface area contributed by atoms with Gasteiger partial charge in [0.05, 0.1) is 16.9 Å². The number of para-hydroxylation sites is 2. The van der Waals surface area contributed by atoms with E-state index in [9.17, 15) is 0 Å². The zero-order valence-corrected chi connectivity index (χ0v) is 39.5. The zero-order chi connectivity index (χ0) is 42.9. The van der Waals surface area contributed by atoms with Gasteiger partial charge in [-0.15, -0.1) is 59.7 Å². The molecule has 1 aliphatic carbocycles. The molecule has 0 unspecified atom stereocenters. The van der Waals surface area contributed by atoms with Crippen molar-refractivity contribution in [2.24, 2.45) is 0 Å². The molecule has 0 amide bonds. The Hall–Kier alpha value is -6.19. The molecular formula is C60H53IrN3-2. The quantitative estimate of drug-likeness (QED) is 0.118. The van der Waals surface area contributed by atoms with Crippen molar-refractivity contribution in [2.45, 2.75) is 77.0 Å². The summed E-state index contributed by atoms with van der Waals surface area (Å²) in [6.45, 7) is 9.43. The first-order valence-electron chi connectivity index (χ1n) is 22.8. The van der Waals surface area contributed by atoms with Gasteiger partial charge in [0.15, 0.2) is 0 Å². The normalized spacial score (nSPS) is 15.1. The molecule has 0 N–H and O–H groups in total. The summed E-state index contributed by atoms with van der Waals surface area (Å²) in [5, 5.41) is 7.56. The summed E-state index contributed by atoms with van der Waals surface area (Å²) in [5.41, 5.74) is 12.3. The summed E-state index contributed by atoms with van der Waals surface area (Å²) in [6.07, 6.45) is 6.77. The molecule has 0 saturated heterocycles. The first kappa shape index (κ1) is 43.1. The Balaban J connectivity index is 0.000000345. The van der Waals surface area contributed by atoms with Gasteiger partial charge in [-0.3, -0.25) is 4.98 Å². The number of imidazole rings is 1. The molecule has 0 bridgehead atoms. The summed E-state index contributed by atoms with van der Waals surface area (Å²) in [7, 11) is 0. The van der Waals surface area contributed by atoms with Gasteiger partial charge in [0.1, 0.15) is 0 Å². The first-order valence-corrected chi connectivity index (χ1v) is 22.8. The van der Waals surface area contributed by atoms with E-state index in [2.05, 4.69) is 177 Å². The molecule has 2 heterocycles. The Kier molecular flexibility index (Phi) is 12.7. The average molecular weight is 1010 g/mol. The second kappa shape index (κ2) is 18.9. The number of hydrogen-bond acceptors (Lipinski definition) is 2. The molecular weight excluding hydrogens is 955 g/mol. The minimum absolute atomic E-state index is 0. The van der Waals surface area contributed by atoms with Crippen LogP contribution in [0.15, 0.2) is 176 Å². The monoisotopic (exact) mass is 1010 g/mol. The minimum atomic E-state index is 0. The van der Waals surface area contributed by atoms with Crippen LogP contribution in [0.3, 0.4) is 0 Å². The van der Waals surface area contributed by atoms with Crippen molar-refractivity contribution in [3.05, 3.63) is 210 Å². The van der Waals surface area contributed by atoms with Crippen LogP contribution in [0.1, 0.15) is 99.3 Å². The second-order valence-electron chi connectivity index (χ2n) is 17.8. The van der Waals surface area contributed by atoms with Crippen molar-refractivity contribution < 1.29 is 20.1 Å². The molecule has 10 aromatic rings. The molecule has 1 fully saturated rings. The molecule has 1 radical (unpaired) electrons. The van der Waals surface area contributed by atoms with Gasteiger partial charge in [-0.1, -0.05) is 159 Å². The SMILES string of the molecule is CC(C)c1cc(C2CCC(c3ccccc3)CC2)cc(C(C)C)c1-n1c(-c2[c-]cc3c4ccccc4c4ccccc4c3c2)nc2ccccc21.[Ir].[c-]1ccccc1-c1ccccn1. The number of nitrogens with zero attached hydrogens (tertiary/aromatic N) is 3. The largest absolute Gasteiger partial charge is 0.333 e. The molecule has 8 aromatic carbocycles. The van der Waals surface area contributed by atoms with Crippen LogP contribution < -0.4 is 0 Å². The van der Waals surface area contributed by atoms with E-state index in [1.165, 1.54) is 85.9 Å². The van der Waals surface area contributed by atoms with Gasteiger partial charge in [-0.05, 0) is 112 Å². The van der Waals surface area contributed by atoms with Crippen molar-refractivity contribution in [3.8, 4) is 28.3 Å². The summed E-state index contributed by atoms with van der Waals surface area (Å²) in [5.74, 6) is 2.91. The van der Waals surface area contributed by atoms with Crippen LogP contribution in [0.25, 0.3) is 71.7 Å². The standard InChI is InChI=1S/C49H45N2.C11H8N.Ir/c1-31(2)43-29-37(35-24-22-34(23-25-35)33-14-6-5-7-15-33)30-44(32(3)4)48(43)51-47-21-13-12-20-46(47)50-49(51)36-26-27-42-40-18-9-8-16-38(40)39-17-10-11-19-41(39)45(42)28-36;1-2-6-10(7-3-1)11-8-4-5-9-12-11;/h5-21,27-32,34-35H,22-25H2,1-4H3;1-6,8-9H;/q2*-1;. The van der Waals surface area contributed by atoms with Gasteiger partial charge < -0.3 is 9.55 Å². The van der Waals surface area contributed by atoms with Gasteiger partial charge in [0.25, 0.3) is 0 Å². The third kappa shape index (κ3) is 8.34. The molecule has 4 heteroatoms. The van der Waals surface area contributed by atoms with Crippen LogP contribution in [0.4, 0.5) is 0 Å². The number of hydrogen-bond donors (Lipinski definition) is 0. The van der Waals surface area contributed by atoms with Crippen molar-refractivity contribution in [3.63, 3.8) is 0 Å². The number of benzene rings is 8. The van der Waals surface area contributed by atoms with E-state index in [-0.39, 0.29) is 20.1 Å². The van der Waals surface area contributed by atoms with Gasteiger partial charge in [0.2, 0.25) is 0 Å². The Morgan fingerprint density at radius 1 is 0.516 bits per heavy atom. The molecule has 64 heavy (non-hydrogen) atoms. The molecule has 0 aliphatic heterocycles. The predicted molar refractivity (Wildman–Crippen MR) is 265 cm³/mol. The molecule has 319 valence electrons. The van der Waals surface area contributed by atoms with E-state index >= 15 is 0 Å². The van der Waals surface area contributed by atoms with E-state index in [0.29, 0.717) is 23.7 Å². The molecule has 2 aromatic heterocycles. The number of rotatable bonds is 7. The van der Waals surface area contributed by atoms with Gasteiger partial charge in [-0.2, -0.15) is 0 Å². The predicted octanol–water partition coefficient (Wildman–Crippen LogP) is 16.2. The Labute approximate surface area is 391 Å². The topological polar surface area (TPSA) is 30.7 Å². The smallest absolute Gasteiger partial charge is 0.0774 e. The third-order valence-electron chi connectivity index (χ3n) is 13.3. The molecule has 0 atom stereocenters. The maximum Gasteiger partial charge on any atom is 0.0774 e. The Bertz CT molecular complexity index is 3080. The van der Waals surface area contributed by atoms with Gasteiger partial charge in [-0.25, -0.2) is 0 Å². The summed E-state index contributed by atoms with van der Waals surface area (Å²) < 4.78 is 2.47. The maximum absolute atomic E-state index is 5.39. The van der Waals surface area contributed by atoms with E-state index in [4.69, 9.17) is 4.98 Å². The van der Waals surface area contributed by atoms with Crippen LogP contribution in [-0.4, -0.2) is 14.5 Å². The van der Waals surface area contributed by atoms with Crippen molar-refractivity contribution in [2.75, 3.05) is 0 Å². The van der Waals surface area contributed by atoms with Crippen molar-refractivity contribution >= 4 is 43.4 Å².